The van der Waals surface area contributed by atoms with Crippen LogP contribution in [0.1, 0.15) is 25.7 Å². The monoisotopic (exact) mass is 259 g/mol. The molecule has 1 fully saturated rings. The van der Waals surface area contributed by atoms with Gasteiger partial charge in [0.15, 0.2) is 17.5 Å². The largest absolute Gasteiger partial charge is 0.382 e. The van der Waals surface area contributed by atoms with Gasteiger partial charge in [-0.3, -0.25) is 0 Å². The average Bonchev–Trinajstić information content (AvgIpc) is 2.37. The van der Waals surface area contributed by atoms with Crippen LogP contribution >= 0.6 is 0 Å². The summed E-state index contributed by atoms with van der Waals surface area (Å²) in [6.07, 6.45) is 3.85. The van der Waals surface area contributed by atoms with Crippen LogP contribution in [-0.2, 0) is 4.74 Å². The van der Waals surface area contributed by atoms with E-state index in [2.05, 4.69) is 5.32 Å². The van der Waals surface area contributed by atoms with E-state index in [1.54, 1.807) is 7.11 Å². The smallest absolute Gasteiger partial charge is 0.194 e. The predicted octanol–water partition coefficient (Wildman–Crippen LogP) is 3.47. The minimum Gasteiger partial charge on any atom is -0.382 e. The second-order valence-electron chi connectivity index (χ2n) is 4.61. The van der Waals surface area contributed by atoms with Gasteiger partial charge in [0, 0.05) is 31.0 Å². The van der Waals surface area contributed by atoms with Crippen molar-refractivity contribution < 1.29 is 17.9 Å². The Morgan fingerprint density at radius 2 is 1.61 bits per heavy atom. The van der Waals surface area contributed by atoms with E-state index in [4.69, 9.17) is 4.74 Å². The highest BCUT2D eigenvalue weighted by Crippen LogP contribution is 2.25. The maximum atomic E-state index is 13.0. The molecule has 18 heavy (non-hydrogen) atoms. The molecule has 1 aromatic rings. The van der Waals surface area contributed by atoms with Crippen molar-refractivity contribution >= 4 is 5.69 Å². The molecule has 1 N–H and O–H groups in total. The van der Waals surface area contributed by atoms with Gasteiger partial charge in [-0.05, 0) is 25.7 Å². The molecule has 0 aliphatic heterocycles. The van der Waals surface area contributed by atoms with Crippen LogP contribution in [-0.4, -0.2) is 19.3 Å². The van der Waals surface area contributed by atoms with Crippen LogP contribution in [0.2, 0.25) is 0 Å². The molecule has 0 spiro atoms. The molecular weight excluding hydrogens is 243 g/mol. The molecule has 2 rings (SSSR count). The lowest BCUT2D eigenvalue weighted by Gasteiger charge is -2.28. The van der Waals surface area contributed by atoms with Crippen molar-refractivity contribution in [3.63, 3.8) is 0 Å². The van der Waals surface area contributed by atoms with Crippen LogP contribution in [0.25, 0.3) is 0 Å². The van der Waals surface area contributed by atoms with Crippen molar-refractivity contribution in [1.82, 2.24) is 0 Å². The highest BCUT2D eigenvalue weighted by molar-refractivity contribution is 5.45. The van der Waals surface area contributed by atoms with E-state index in [0.717, 1.165) is 37.8 Å². The standard InChI is InChI=1S/C13H16F3NO/c1-18-10-4-2-8(3-5-10)17-9-6-11(14)13(16)12(15)7-9/h6-8,10,17H,2-5H2,1H3. The lowest BCUT2D eigenvalue weighted by atomic mass is 9.93. The Morgan fingerprint density at radius 3 is 2.11 bits per heavy atom. The van der Waals surface area contributed by atoms with Crippen LogP contribution in [0, 0.1) is 17.5 Å². The Morgan fingerprint density at radius 1 is 1.06 bits per heavy atom. The third-order valence-electron chi connectivity index (χ3n) is 3.36. The third kappa shape index (κ3) is 2.96. The quantitative estimate of drug-likeness (QED) is 0.839. The van der Waals surface area contributed by atoms with E-state index >= 15 is 0 Å². The number of rotatable bonds is 3. The number of halogens is 3. The van der Waals surface area contributed by atoms with Gasteiger partial charge in [-0.2, -0.15) is 0 Å². The first kappa shape index (κ1) is 13.2. The van der Waals surface area contributed by atoms with Gasteiger partial charge in [0.25, 0.3) is 0 Å². The molecule has 2 nitrogen and oxygen atoms in total. The minimum atomic E-state index is -1.43. The van der Waals surface area contributed by atoms with Gasteiger partial charge >= 0.3 is 0 Å². The van der Waals surface area contributed by atoms with E-state index in [1.165, 1.54) is 0 Å². The Bertz CT molecular complexity index is 394. The molecule has 0 amide bonds. The summed E-state index contributed by atoms with van der Waals surface area (Å²) in [5.74, 6) is -3.75. The van der Waals surface area contributed by atoms with Crippen LogP contribution in [0.4, 0.5) is 18.9 Å². The van der Waals surface area contributed by atoms with Crippen LogP contribution in [0.5, 0.6) is 0 Å². The zero-order valence-corrected chi connectivity index (χ0v) is 10.2. The molecular formula is C13H16F3NO. The molecule has 1 saturated carbocycles. The van der Waals surface area contributed by atoms with Gasteiger partial charge in [0.2, 0.25) is 0 Å². The first-order valence-corrected chi connectivity index (χ1v) is 6.04. The molecule has 0 saturated heterocycles. The number of hydrogen-bond acceptors (Lipinski definition) is 2. The summed E-state index contributed by atoms with van der Waals surface area (Å²) in [5.41, 5.74) is 0.285. The summed E-state index contributed by atoms with van der Waals surface area (Å²) in [6, 6.07) is 2.13. The molecule has 100 valence electrons. The molecule has 0 bridgehead atoms. The maximum absolute atomic E-state index is 13.0. The van der Waals surface area contributed by atoms with Crippen molar-refractivity contribution in [1.29, 1.82) is 0 Å². The Hall–Kier alpha value is -1.23. The van der Waals surface area contributed by atoms with Crippen LogP contribution < -0.4 is 5.32 Å². The van der Waals surface area contributed by atoms with Crippen LogP contribution in [0.3, 0.4) is 0 Å². The fourth-order valence-electron chi connectivity index (χ4n) is 2.32. The first-order chi connectivity index (χ1) is 8.60. The predicted molar refractivity (Wildman–Crippen MR) is 63.0 cm³/mol. The highest BCUT2D eigenvalue weighted by atomic mass is 19.2. The van der Waals surface area contributed by atoms with Crippen molar-refractivity contribution in [2.24, 2.45) is 0 Å². The average molecular weight is 259 g/mol. The molecule has 0 heterocycles. The zero-order valence-electron chi connectivity index (χ0n) is 10.2. The molecule has 1 aliphatic rings. The summed E-state index contributed by atoms with van der Waals surface area (Å²) in [5, 5.41) is 3.03. The molecule has 0 atom stereocenters. The van der Waals surface area contributed by atoms with Gasteiger partial charge in [-0.25, -0.2) is 13.2 Å². The van der Waals surface area contributed by atoms with Crippen molar-refractivity contribution in [3.05, 3.63) is 29.6 Å². The normalized spacial score (nSPS) is 24.0. The minimum absolute atomic E-state index is 0.153. The first-order valence-electron chi connectivity index (χ1n) is 6.04. The summed E-state index contributed by atoms with van der Waals surface area (Å²) in [4.78, 5) is 0. The van der Waals surface area contributed by atoms with E-state index in [-0.39, 0.29) is 17.8 Å². The third-order valence-corrected chi connectivity index (χ3v) is 3.36. The number of hydrogen-bond donors (Lipinski definition) is 1. The number of ether oxygens (including phenoxy) is 1. The lowest BCUT2D eigenvalue weighted by Crippen LogP contribution is -2.29. The number of nitrogens with one attached hydrogen (secondary N) is 1. The van der Waals surface area contributed by atoms with E-state index in [9.17, 15) is 13.2 Å². The van der Waals surface area contributed by atoms with E-state index in [0.29, 0.717) is 0 Å². The Kier molecular flexibility index (Phi) is 4.11. The van der Waals surface area contributed by atoms with E-state index in [1.807, 2.05) is 0 Å². The molecule has 1 aromatic carbocycles. The van der Waals surface area contributed by atoms with Crippen molar-refractivity contribution in [3.8, 4) is 0 Å². The molecule has 0 radical (unpaired) electrons. The highest BCUT2D eigenvalue weighted by Gasteiger charge is 2.21. The lowest BCUT2D eigenvalue weighted by molar-refractivity contribution is 0.0682. The number of anilines is 1. The molecule has 5 heteroatoms. The molecule has 0 unspecified atom stereocenters. The second-order valence-corrected chi connectivity index (χ2v) is 4.61. The topological polar surface area (TPSA) is 21.3 Å². The summed E-state index contributed by atoms with van der Waals surface area (Å²) in [7, 11) is 1.68. The SMILES string of the molecule is COC1CCC(Nc2cc(F)c(F)c(F)c2)CC1. The van der Waals surface area contributed by atoms with Gasteiger partial charge in [0.1, 0.15) is 0 Å². The van der Waals surface area contributed by atoms with Gasteiger partial charge < -0.3 is 10.1 Å². The van der Waals surface area contributed by atoms with Gasteiger partial charge in [-0.1, -0.05) is 0 Å². The molecule has 0 aromatic heterocycles. The fraction of sp³-hybridized carbons (Fsp3) is 0.538. The van der Waals surface area contributed by atoms with Gasteiger partial charge in [-0.15, -0.1) is 0 Å². The molecule has 1 aliphatic carbocycles. The summed E-state index contributed by atoms with van der Waals surface area (Å²) in [6.45, 7) is 0. The summed E-state index contributed by atoms with van der Waals surface area (Å²) < 4.78 is 44.1. The van der Waals surface area contributed by atoms with Crippen LogP contribution in [0.15, 0.2) is 12.1 Å². The summed E-state index contributed by atoms with van der Waals surface area (Å²) >= 11 is 0. The van der Waals surface area contributed by atoms with Crippen molar-refractivity contribution in [2.45, 2.75) is 37.8 Å². The Labute approximate surface area is 104 Å². The van der Waals surface area contributed by atoms with Gasteiger partial charge in [0.05, 0.1) is 6.10 Å². The fourth-order valence-corrected chi connectivity index (χ4v) is 2.32. The van der Waals surface area contributed by atoms with Crippen molar-refractivity contribution in [2.75, 3.05) is 12.4 Å². The maximum Gasteiger partial charge on any atom is 0.194 e. The van der Waals surface area contributed by atoms with E-state index < -0.39 is 17.5 Å². The number of benzene rings is 1. The Balaban J connectivity index is 1.98. The zero-order chi connectivity index (χ0) is 13.1. The number of methoxy groups -OCH3 is 1. The second kappa shape index (κ2) is 5.61.